The van der Waals surface area contributed by atoms with E-state index in [-0.39, 0.29) is 29.5 Å². The van der Waals surface area contributed by atoms with E-state index in [2.05, 4.69) is 34.4 Å². The summed E-state index contributed by atoms with van der Waals surface area (Å²) in [6, 6.07) is 13.0. The molecule has 9 heteroatoms. The molecule has 1 aliphatic carbocycles. The van der Waals surface area contributed by atoms with Crippen LogP contribution in [0.3, 0.4) is 0 Å². The number of likely N-dealkylation sites (tertiary alicyclic amines) is 1. The van der Waals surface area contributed by atoms with Crippen molar-refractivity contribution in [1.29, 1.82) is 5.41 Å². The number of anilines is 3. The molecule has 3 aromatic rings. The lowest BCUT2D eigenvalue weighted by molar-refractivity contribution is -0.119. The molecule has 2 amide bonds. The second kappa shape index (κ2) is 10.2. The Labute approximate surface area is 222 Å². The molecule has 1 aromatic heterocycles. The average molecular weight is 512 g/mol. The summed E-state index contributed by atoms with van der Waals surface area (Å²) in [4.78, 5) is 34.9. The number of carbonyl (C=O) groups excluding carboxylic acids is 2. The average Bonchev–Trinajstić information content (AvgIpc) is 3.49. The molecule has 196 valence electrons. The molecule has 5 N–H and O–H groups in total. The lowest BCUT2D eigenvalue weighted by atomic mass is 9.97. The normalized spacial score (nSPS) is 20.0. The number of carbonyl (C=O) groups is 2. The zero-order chi connectivity index (χ0) is 27.0. The van der Waals surface area contributed by atoms with Gasteiger partial charge in [-0.25, -0.2) is 9.97 Å². The molecular weight excluding hydrogens is 478 g/mol. The Morgan fingerprint density at radius 3 is 2.66 bits per heavy atom. The molecule has 2 heterocycles. The van der Waals surface area contributed by atoms with Crippen LogP contribution in [0.5, 0.6) is 0 Å². The molecule has 5 rings (SSSR count). The van der Waals surface area contributed by atoms with Gasteiger partial charge in [-0.1, -0.05) is 32.0 Å². The topological polar surface area (TPSA) is 137 Å². The number of nitrogen functional groups attached to an aromatic ring is 1. The summed E-state index contributed by atoms with van der Waals surface area (Å²) < 4.78 is 0. The SMILES string of the molecule is Cc1cc(NC(=O)c2cccc(C(=N)c3c(N)ncnc3NC3CC4CC3N(C=O)C4)c2)ccc1C(C)C. The van der Waals surface area contributed by atoms with E-state index in [9.17, 15) is 9.59 Å². The summed E-state index contributed by atoms with van der Waals surface area (Å²) in [6.45, 7) is 7.11. The van der Waals surface area contributed by atoms with Crippen LogP contribution in [-0.4, -0.2) is 51.5 Å². The van der Waals surface area contributed by atoms with Gasteiger partial charge in [-0.3, -0.25) is 15.0 Å². The Hall–Kier alpha value is -4.27. The molecule has 9 nitrogen and oxygen atoms in total. The number of aromatic nitrogens is 2. The number of piperidine rings is 1. The fourth-order valence-corrected chi connectivity index (χ4v) is 5.84. The van der Waals surface area contributed by atoms with Gasteiger partial charge in [0.1, 0.15) is 18.0 Å². The van der Waals surface area contributed by atoms with Crippen LogP contribution in [0.15, 0.2) is 48.8 Å². The first-order valence-corrected chi connectivity index (χ1v) is 12.9. The van der Waals surface area contributed by atoms with Gasteiger partial charge in [0.15, 0.2) is 0 Å². The van der Waals surface area contributed by atoms with E-state index in [1.54, 1.807) is 24.3 Å². The molecule has 38 heavy (non-hydrogen) atoms. The largest absolute Gasteiger partial charge is 0.383 e. The monoisotopic (exact) mass is 511 g/mol. The number of hydrogen-bond donors (Lipinski definition) is 4. The van der Waals surface area contributed by atoms with Crippen molar-refractivity contribution in [2.24, 2.45) is 5.92 Å². The van der Waals surface area contributed by atoms with Gasteiger partial charge < -0.3 is 21.3 Å². The Morgan fingerprint density at radius 2 is 1.95 bits per heavy atom. The van der Waals surface area contributed by atoms with Crippen LogP contribution in [0.1, 0.15) is 65.2 Å². The second-order valence-electron chi connectivity index (χ2n) is 10.6. The fraction of sp³-hybridized carbons (Fsp3) is 0.345. The maximum atomic E-state index is 13.1. The highest BCUT2D eigenvalue weighted by Gasteiger charge is 2.44. The van der Waals surface area contributed by atoms with E-state index in [1.165, 1.54) is 11.9 Å². The zero-order valence-corrected chi connectivity index (χ0v) is 21.9. The molecule has 2 bridgehead atoms. The van der Waals surface area contributed by atoms with Crippen molar-refractivity contribution in [2.75, 3.05) is 22.9 Å². The number of rotatable bonds is 8. The smallest absolute Gasteiger partial charge is 0.255 e. The number of nitrogens with one attached hydrogen (secondary N) is 3. The van der Waals surface area contributed by atoms with Gasteiger partial charge in [0, 0.05) is 29.4 Å². The third-order valence-electron chi connectivity index (χ3n) is 7.67. The van der Waals surface area contributed by atoms with Gasteiger partial charge >= 0.3 is 0 Å². The minimum absolute atomic E-state index is 0.0300. The van der Waals surface area contributed by atoms with Crippen molar-refractivity contribution in [3.8, 4) is 0 Å². The van der Waals surface area contributed by atoms with E-state index in [1.807, 2.05) is 30.0 Å². The Morgan fingerprint density at radius 1 is 1.16 bits per heavy atom. The van der Waals surface area contributed by atoms with Gasteiger partial charge in [0.2, 0.25) is 6.41 Å². The molecule has 1 aliphatic heterocycles. The molecule has 2 aromatic carbocycles. The van der Waals surface area contributed by atoms with Crippen LogP contribution in [0, 0.1) is 18.3 Å². The van der Waals surface area contributed by atoms with Gasteiger partial charge in [-0.15, -0.1) is 0 Å². The first kappa shape index (κ1) is 25.4. The number of hydrogen-bond acceptors (Lipinski definition) is 7. The molecule has 1 saturated carbocycles. The Bertz CT molecular complexity index is 1400. The van der Waals surface area contributed by atoms with Crippen molar-refractivity contribution in [3.63, 3.8) is 0 Å². The fourth-order valence-electron chi connectivity index (χ4n) is 5.84. The van der Waals surface area contributed by atoms with Crippen LogP contribution in [0.25, 0.3) is 0 Å². The number of aryl methyl sites for hydroxylation is 1. The Kier molecular flexibility index (Phi) is 6.84. The summed E-state index contributed by atoms with van der Waals surface area (Å²) in [5, 5.41) is 15.4. The third-order valence-corrected chi connectivity index (χ3v) is 7.67. The molecule has 2 fully saturated rings. The zero-order valence-electron chi connectivity index (χ0n) is 21.9. The van der Waals surface area contributed by atoms with Crippen LogP contribution in [0.4, 0.5) is 17.3 Å². The highest BCUT2D eigenvalue weighted by Crippen LogP contribution is 2.39. The number of benzene rings is 2. The van der Waals surface area contributed by atoms with Crippen molar-refractivity contribution in [1.82, 2.24) is 14.9 Å². The summed E-state index contributed by atoms with van der Waals surface area (Å²) >= 11 is 0. The predicted octanol–water partition coefficient (Wildman–Crippen LogP) is 4.19. The summed E-state index contributed by atoms with van der Waals surface area (Å²) in [5.74, 6) is 1.25. The number of nitrogens with two attached hydrogens (primary N) is 1. The number of fused-ring (bicyclic) bond motifs is 2. The molecular formula is C29H33N7O2. The van der Waals surface area contributed by atoms with Crippen molar-refractivity contribution in [2.45, 2.75) is 51.6 Å². The molecule has 3 atom stereocenters. The van der Waals surface area contributed by atoms with Crippen LogP contribution in [-0.2, 0) is 4.79 Å². The van der Waals surface area contributed by atoms with Crippen LogP contribution < -0.4 is 16.4 Å². The van der Waals surface area contributed by atoms with Gasteiger partial charge in [0.05, 0.1) is 17.3 Å². The highest BCUT2D eigenvalue weighted by atomic mass is 16.1. The van der Waals surface area contributed by atoms with E-state index >= 15 is 0 Å². The van der Waals surface area contributed by atoms with Gasteiger partial charge in [-0.05, 0) is 67.0 Å². The highest BCUT2D eigenvalue weighted by molar-refractivity contribution is 6.17. The standard InChI is InChI=1S/C29H33N7O2/c1-16(2)22-8-7-21(9-17(22)3)34-29(38)20-6-4-5-19(12-20)26(30)25-27(31)32-14-33-28(25)35-23-10-18-11-24(23)36(13-18)15-37/h4-9,12,14-16,18,23-24,30H,10-11,13H2,1-3H3,(H,34,38)(H3,31,32,33,35). The summed E-state index contributed by atoms with van der Waals surface area (Å²) in [5.41, 5.74) is 10.8. The van der Waals surface area contributed by atoms with Crippen molar-refractivity contribution in [3.05, 3.63) is 76.6 Å². The molecule has 0 spiro atoms. The minimum atomic E-state index is -0.261. The third kappa shape index (κ3) is 4.83. The van der Waals surface area contributed by atoms with E-state index in [4.69, 9.17) is 11.1 Å². The van der Waals surface area contributed by atoms with Crippen molar-refractivity contribution < 1.29 is 9.59 Å². The van der Waals surface area contributed by atoms with Crippen molar-refractivity contribution >= 4 is 35.4 Å². The Balaban J connectivity index is 1.36. The quantitative estimate of drug-likeness (QED) is 0.264. The lowest BCUT2D eigenvalue weighted by Gasteiger charge is -2.31. The van der Waals surface area contributed by atoms with Crippen LogP contribution >= 0.6 is 0 Å². The molecule has 1 saturated heterocycles. The first-order valence-electron chi connectivity index (χ1n) is 12.9. The summed E-state index contributed by atoms with van der Waals surface area (Å²) in [7, 11) is 0. The van der Waals surface area contributed by atoms with E-state index in [0.29, 0.717) is 34.3 Å². The van der Waals surface area contributed by atoms with Gasteiger partial charge in [0.25, 0.3) is 5.91 Å². The first-order chi connectivity index (χ1) is 18.2. The predicted molar refractivity (Wildman–Crippen MR) is 149 cm³/mol. The van der Waals surface area contributed by atoms with E-state index < -0.39 is 0 Å². The number of amides is 2. The number of nitrogens with zero attached hydrogens (tertiary/aromatic N) is 3. The summed E-state index contributed by atoms with van der Waals surface area (Å²) in [6.07, 6.45) is 4.17. The maximum Gasteiger partial charge on any atom is 0.255 e. The van der Waals surface area contributed by atoms with Crippen LogP contribution in [0.2, 0.25) is 0 Å². The second-order valence-corrected chi connectivity index (χ2v) is 10.6. The maximum absolute atomic E-state index is 13.1. The molecule has 3 unspecified atom stereocenters. The minimum Gasteiger partial charge on any atom is -0.383 e. The van der Waals surface area contributed by atoms with Gasteiger partial charge in [-0.2, -0.15) is 0 Å². The lowest BCUT2D eigenvalue weighted by Crippen LogP contribution is -2.44. The molecule has 2 aliphatic rings. The molecule has 0 radical (unpaired) electrons. The van der Waals surface area contributed by atoms with E-state index in [0.717, 1.165) is 37.0 Å².